The van der Waals surface area contributed by atoms with E-state index in [4.69, 9.17) is 0 Å². The van der Waals surface area contributed by atoms with Crippen LogP contribution in [-0.2, 0) is 5.54 Å². The van der Waals surface area contributed by atoms with Crippen molar-refractivity contribution in [3.63, 3.8) is 0 Å². The smallest absolute Gasteiger partial charge is 0.273 e. The van der Waals surface area contributed by atoms with Gasteiger partial charge in [0, 0.05) is 18.8 Å². The normalized spacial score (nSPS) is 19.0. The summed E-state index contributed by atoms with van der Waals surface area (Å²) in [5.74, 6) is 0.0144. The highest BCUT2D eigenvalue weighted by Crippen LogP contribution is 2.35. The van der Waals surface area contributed by atoms with E-state index in [1.165, 1.54) is 0 Å². The number of fused-ring (bicyclic) bond motifs is 1. The molecular formula is C10H12N2O. The molecule has 1 aliphatic rings. The fourth-order valence-electron chi connectivity index (χ4n) is 1.66. The second-order valence-corrected chi connectivity index (χ2v) is 3.82. The molecule has 0 spiro atoms. The van der Waals surface area contributed by atoms with Gasteiger partial charge in [-0.3, -0.25) is 9.78 Å². The maximum Gasteiger partial charge on any atom is 0.273 e. The third kappa shape index (κ3) is 0.899. The van der Waals surface area contributed by atoms with E-state index >= 15 is 0 Å². The highest BCUT2D eigenvalue weighted by Gasteiger charge is 2.41. The molecule has 0 bridgehead atoms. The first-order chi connectivity index (χ1) is 6.05. The van der Waals surface area contributed by atoms with Crippen LogP contribution in [0, 0.1) is 0 Å². The van der Waals surface area contributed by atoms with Gasteiger partial charge in [-0.05, 0) is 19.9 Å². The predicted molar refractivity (Wildman–Crippen MR) is 49.4 cm³/mol. The fourth-order valence-corrected chi connectivity index (χ4v) is 1.66. The molecule has 0 saturated carbocycles. The van der Waals surface area contributed by atoms with Gasteiger partial charge < -0.3 is 4.90 Å². The Hall–Kier alpha value is -1.38. The van der Waals surface area contributed by atoms with Crippen LogP contribution < -0.4 is 0 Å². The molecular weight excluding hydrogens is 164 g/mol. The van der Waals surface area contributed by atoms with E-state index in [0.717, 1.165) is 5.56 Å². The Morgan fingerprint density at radius 3 is 2.77 bits per heavy atom. The lowest BCUT2D eigenvalue weighted by Gasteiger charge is -2.28. The van der Waals surface area contributed by atoms with Gasteiger partial charge in [0.15, 0.2) is 0 Å². The van der Waals surface area contributed by atoms with Gasteiger partial charge in [-0.2, -0.15) is 0 Å². The maximum atomic E-state index is 11.7. The van der Waals surface area contributed by atoms with Crippen LogP contribution in [0.4, 0.5) is 0 Å². The Kier molecular flexibility index (Phi) is 1.46. The molecule has 3 nitrogen and oxygen atoms in total. The van der Waals surface area contributed by atoms with Crippen LogP contribution >= 0.6 is 0 Å². The van der Waals surface area contributed by atoms with Crippen molar-refractivity contribution in [1.29, 1.82) is 0 Å². The van der Waals surface area contributed by atoms with Gasteiger partial charge in [-0.15, -0.1) is 0 Å². The summed E-state index contributed by atoms with van der Waals surface area (Å²) in [7, 11) is 1.81. The van der Waals surface area contributed by atoms with Crippen LogP contribution in [0.1, 0.15) is 29.9 Å². The fraction of sp³-hybridized carbons (Fsp3) is 0.400. The number of hydrogen-bond donors (Lipinski definition) is 0. The van der Waals surface area contributed by atoms with E-state index in [1.807, 2.05) is 33.0 Å². The molecule has 2 heterocycles. The van der Waals surface area contributed by atoms with Crippen molar-refractivity contribution in [2.45, 2.75) is 19.4 Å². The molecule has 1 amide bonds. The van der Waals surface area contributed by atoms with Gasteiger partial charge in [0.05, 0.1) is 5.54 Å². The molecule has 1 aromatic heterocycles. The minimum Gasteiger partial charge on any atom is -0.331 e. The van der Waals surface area contributed by atoms with Crippen molar-refractivity contribution in [3.05, 3.63) is 29.6 Å². The first-order valence-corrected chi connectivity index (χ1v) is 4.29. The zero-order valence-electron chi connectivity index (χ0n) is 8.03. The van der Waals surface area contributed by atoms with E-state index in [-0.39, 0.29) is 11.4 Å². The van der Waals surface area contributed by atoms with Crippen molar-refractivity contribution in [2.24, 2.45) is 0 Å². The van der Waals surface area contributed by atoms with Crippen molar-refractivity contribution in [1.82, 2.24) is 9.88 Å². The van der Waals surface area contributed by atoms with Gasteiger partial charge in [0.1, 0.15) is 5.69 Å². The van der Waals surface area contributed by atoms with Crippen LogP contribution in [-0.4, -0.2) is 22.8 Å². The topological polar surface area (TPSA) is 33.2 Å². The second kappa shape index (κ2) is 2.31. The van der Waals surface area contributed by atoms with Crippen LogP contribution in [0.15, 0.2) is 18.3 Å². The van der Waals surface area contributed by atoms with Crippen molar-refractivity contribution in [2.75, 3.05) is 7.05 Å². The zero-order chi connectivity index (χ0) is 9.64. The Labute approximate surface area is 77.4 Å². The summed E-state index contributed by atoms with van der Waals surface area (Å²) in [6.45, 7) is 4.05. The average Bonchev–Trinajstić information content (AvgIpc) is 2.30. The molecule has 0 radical (unpaired) electrons. The molecule has 0 saturated heterocycles. The number of pyridine rings is 1. The average molecular weight is 176 g/mol. The summed E-state index contributed by atoms with van der Waals surface area (Å²) in [6.07, 6.45) is 1.66. The van der Waals surface area contributed by atoms with E-state index in [9.17, 15) is 4.79 Å². The van der Waals surface area contributed by atoms with Crippen molar-refractivity contribution >= 4 is 5.91 Å². The first kappa shape index (κ1) is 8.23. The van der Waals surface area contributed by atoms with Crippen molar-refractivity contribution in [3.8, 4) is 0 Å². The SMILES string of the molecule is CN1C(=O)c2ncccc2C1(C)C. The number of carbonyl (C=O) groups excluding carboxylic acids is 1. The standard InChI is InChI=1S/C10H12N2O/c1-10(2)7-5-4-6-11-8(7)9(13)12(10)3/h4-6H,1-3H3. The minimum absolute atomic E-state index is 0.0144. The molecule has 0 unspecified atom stereocenters. The molecule has 1 aliphatic heterocycles. The van der Waals surface area contributed by atoms with Crippen LogP contribution in [0.25, 0.3) is 0 Å². The molecule has 0 fully saturated rings. The number of amides is 1. The quantitative estimate of drug-likeness (QED) is 0.598. The van der Waals surface area contributed by atoms with Gasteiger partial charge in [-0.1, -0.05) is 6.07 Å². The van der Waals surface area contributed by atoms with Gasteiger partial charge in [0.25, 0.3) is 5.91 Å². The highest BCUT2D eigenvalue weighted by molar-refractivity contribution is 5.97. The number of aromatic nitrogens is 1. The molecule has 1 aromatic rings. The molecule has 3 heteroatoms. The second-order valence-electron chi connectivity index (χ2n) is 3.82. The van der Waals surface area contributed by atoms with E-state index in [1.54, 1.807) is 11.1 Å². The van der Waals surface area contributed by atoms with E-state index < -0.39 is 0 Å². The lowest BCUT2D eigenvalue weighted by atomic mass is 9.96. The zero-order valence-corrected chi connectivity index (χ0v) is 8.03. The molecule has 0 N–H and O–H groups in total. The van der Waals surface area contributed by atoms with Crippen LogP contribution in [0.5, 0.6) is 0 Å². The molecule has 0 atom stereocenters. The lowest BCUT2D eigenvalue weighted by molar-refractivity contribution is 0.0688. The first-order valence-electron chi connectivity index (χ1n) is 4.29. The van der Waals surface area contributed by atoms with Crippen molar-refractivity contribution < 1.29 is 4.79 Å². The van der Waals surface area contributed by atoms with Crippen LogP contribution in [0.2, 0.25) is 0 Å². The third-order valence-corrected chi connectivity index (χ3v) is 2.81. The third-order valence-electron chi connectivity index (χ3n) is 2.81. The number of rotatable bonds is 0. The van der Waals surface area contributed by atoms with Gasteiger partial charge in [-0.25, -0.2) is 0 Å². The largest absolute Gasteiger partial charge is 0.331 e. The monoisotopic (exact) mass is 176 g/mol. The molecule has 13 heavy (non-hydrogen) atoms. The maximum absolute atomic E-state index is 11.7. The molecule has 0 aliphatic carbocycles. The minimum atomic E-state index is -0.222. The summed E-state index contributed by atoms with van der Waals surface area (Å²) in [5.41, 5.74) is 1.39. The van der Waals surface area contributed by atoms with Crippen LogP contribution in [0.3, 0.4) is 0 Å². The summed E-state index contributed by atoms with van der Waals surface area (Å²) in [5, 5.41) is 0. The Morgan fingerprint density at radius 1 is 1.46 bits per heavy atom. The number of nitrogens with zero attached hydrogens (tertiary/aromatic N) is 2. The molecule has 0 aromatic carbocycles. The Bertz CT molecular complexity index is 371. The summed E-state index contributed by atoms with van der Waals surface area (Å²) >= 11 is 0. The number of hydrogen-bond acceptors (Lipinski definition) is 2. The lowest BCUT2D eigenvalue weighted by Crippen LogP contribution is -2.35. The van der Waals surface area contributed by atoms with E-state index in [0.29, 0.717) is 5.69 Å². The Morgan fingerprint density at radius 2 is 2.15 bits per heavy atom. The van der Waals surface area contributed by atoms with Gasteiger partial charge >= 0.3 is 0 Å². The molecule has 68 valence electrons. The number of carbonyl (C=O) groups is 1. The summed E-state index contributed by atoms with van der Waals surface area (Å²) in [6, 6.07) is 3.83. The summed E-state index contributed by atoms with van der Waals surface area (Å²) < 4.78 is 0. The summed E-state index contributed by atoms with van der Waals surface area (Å²) in [4.78, 5) is 17.5. The highest BCUT2D eigenvalue weighted by atomic mass is 16.2. The van der Waals surface area contributed by atoms with Gasteiger partial charge in [0.2, 0.25) is 0 Å². The predicted octanol–water partition coefficient (Wildman–Crippen LogP) is 1.40. The van der Waals surface area contributed by atoms with E-state index in [2.05, 4.69) is 4.98 Å². The Balaban J connectivity index is 2.68. The molecule has 2 rings (SSSR count).